The third-order valence-electron chi connectivity index (χ3n) is 5.16. The number of methoxy groups -OCH3 is 2. The smallest absolute Gasteiger partial charge is 0.318 e. The van der Waals surface area contributed by atoms with Crippen LogP contribution in [0, 0.1) is 0 Å². The quantitative estimate of drug-likeness (QED) is 0.793. The number of benzene rings is 2. The molecule has 0 aromatic heterocycles. The van der Waals surface area contributed by atoms with Crippen molar-refractivity contribution in [3.05, 3.63) is 53.6 Å². The molecule has 0 aliphatic carbocycles. The van der Waals surface area contributed by atoms with E-state index < -0.39 is 0 Å². The molecule has 0 spiro atoms. The van der Waals surface area contributed by atoms with Gasteiger partial charge in [-0.15, -0.1) is 0 Å². The number of rotatable bonds is 6. The Labute approximate surface area is 166 Å². The fourth-order valence-corrected chi connectivity index (χ4v) is 3.76. The molecule has 1 aliphatic rings. The summed E-state index contributed by atoms with van der Waals surface area (Å²) in [5.74, 6) is 1.71. The zero-order chi connectivity index (χ0) is 20.1. The Bertz CT molecular complexity index is 807. The monoisotopic (exact) mass is 384 g/mol. The van der Waals surface area contributed by atoms with Crippen LogP contribution in [0.4, 0.5) is 4.79 Å². The summed E-state index contributed by atoms with van der Waals surface area (Å²) in [6.07, 6.45) is 2.57. The van der Waals surface area contributed by atoms with Crippen molar-refractivity contribution in [2.24, 2.45) is 0 Å². The zero-order valence-electron chi connectivity index (χ0n) is 16.6. The molecule has 1 aliphatic heterocycles. The van der Waals surface area contributed by atoms with Crippen LogP contribution in [0.3, 0.4) is 0 Å². The molecule has 0 saturated carbocycles. The van der Waals surface area contributed by atoms with Crippen molar-refractivity contribution in [3.63, 3.8) is 0 Å². The molecule has 28 heavy (non-hydrogen) atoms. The minimum absolute atomic E-state index is 0.0123. The van der Waals surface area contributed by atoms with E-state index in [0.29, 0.717) is 6.42 Å². The third kappa shape index (κ3) is 4.50. The lowest BCUT2D eigenvalue weighted by molar-refractivity contribution is 0.188. The van der Waals surface area contributed by atoms with Crippen LogP contribution in [0.15, 0.2) is 42.5 Å². The number of hydrogen-bond donors (Lipinski definition) is 2. The fourth-order valence-electron chi connectivity index (χ4n) is 3.76. The standard InChI is InChI=1S/C22H28N2O4/c1-15(13-16-6-8-17(25)9-7-16)23-22(26)24-12-4-5-20(24)19-11-10-18(27-2)14-21(19)28-3/h6-11,14-15,20,25H,4-5,12-13H2,1-3H3,(H,23,26). The van der Waals surface area contributed by atoms with Crippen molar-refractivity contribution in [2.45, 2.75) is 38.3 Å². The van der Waals surface area contributed by atoms with Gasteiger partial charge in [-0.3, -0.25) is 0 Å². The van der Waals surface area contributed by atoms with Crippen molar-refractivity contribution in [2.75, 3.05) is 20.8 Å². The number of hydrogen-bond acceptors (Lipinski definition) is 4. The number of nitrogens with zero attached hydrogens (tertiary/aromatic N) is 1. The molecule has 3 rings (SSSR count). The SMILES string of the molecule is COc1ccc(C2CCCN2C(=O)NC(C)Cc2ccc(O)cc2)c(OC)c1. The summed E-state index contributed by atoms with van der Waals surface area (Å²) < 4.78 is 10.8. The Morgan fingerprint density at radius 3 is 2.64 bits per heavy atom. The van der Waals surface area contributed by atoms with Crippen LogP contribution in [-0.2, 0) is 6.42 Å². The lowest BCUT2D eigenvalue weighted by Gasteiger charge is -2.28. The Kier molecular flexibility index (Phi) is 6.29. The van der Waals surface area contributed by atoms with Gasteiger partial charge in [0, 0.05) is 24.2 Å². The molecule has 2 N–H and O–H groups in total. The van der Waals surface area contributed by atoms with Crippen LogP contribution >= 0.6 is 0 Å². The van der Waals surface area contributed by atoms with Gasteiger partial charge < -0.3 is 24.8 Å². The van der Waals surface area contributed by atoms with Crippen LogP contribution in [0.1, 0.15) is 36.9 Å². The molecule has 1 fully saturated rings. The molecule has 6 nitrogen and oxygen atoms in total. The van der Waals surface area contributed by atoms with Crippen molar-refractivity contribution in [1.82, 2.24) is 10.2 Å². The molecule has 1 saturated heterocycles. The molecule has 0 radical (unpaired) electrons. The van der Waals surface area contributed by atoms with E-state index in [-0.39, 0.29) is 23.9 Å². The number of phenols is 1. The van der Waals surface area contributed by atoms with Crippen LogP contribution in [-0.4, -0.2) is 42.8 Å². The van der Waals surface area contributed by atoms with E-state index in [4.69, 9.17) is 9.47 Å². The molecule has 0 bridgehead atoms. The van der Waals surface area contributed by atoms with Gasteiger partial charge in [0.2, 0.25) is 0 Å². The number of likely N-dealkylation sites (tertiary alicyclic amines) is 1. The van der Waals surface area contributed by atoms with Gasteiger partial charge in [-0.2, -0.15) is 0 Å². The fraction of sp³-hybridized carbons (Fsp3) is 0.409. The third-order valence-corrected chi connectivity index (χ3v) is 5.16. The van der Waals surface area contributed by atoms with E-state index in [1.807, 2.05) is 42.2 Å². The maximum absolute atomic E-state index is 12.9. The molecule has 2 aromatic rings. The van der Waals surface area contributed by atoms with Gasteiger partial charge in [-0.25, -0.2) is 4.79 Å². The summed E-state index contributed by atoms with van der Waals surface area (Å²) in [6.45, 7) is 2.71. The molecular weight excluding hydrogens is 356 g/mol. The first-order valence-corrected chi connectivity index (χ1v) is 9.58. The molecule has 2 atom stereocenters. The summed E-state index contributed by atoms with van der Waals surface area (Å²) in [5, 5.41) is 12.5. The Hall–Kier alpha value is -2.89. The molecule has 2 unspecified atom stereocenters. The molecule has 2 amide bonds. The normalized spacial score (nSPS) is 17.2. The molecule has 150 valence electrons. The average Bonchev–Trinajstić information content (AvgIpc) is 3.19. The Morgan fingerprint density at radius 1 is 1.21 bits per heavy atom. The predicted molar refractivity (Wildman–Crippen MR) is 108 cm³/mol. The van der Waals surface area contributed by atoms with Gasteiger partial charge in [0.15, 0.2) is 0 Å². The van der Waals surface area contributed by atoms with Crippen molar-refractivity contribution < 1.29 is 19.4 Å². The maximum Gasteiger partial charge on any atom is 0.318 e. The van der Waals surface area contributed by atoms with Crippen molar-refractivity contribution in [1.29, 1.82) is 0 Å². The van der Waals surface area contributed by atoms with E-state index >= 15 is 0 Å². The number of amides is 2. The van der Waals surface area contributed by atoms with Crippen LogP contribution in [0.5, 0.6) is 17.2 Å². The lowest BCUT2D eigenvalue weighted by atomic mass is 10.0. The van der Waals surface area contributed by atoms with Gasteiger partial charge in [-0.05, 0) is 56.0 Å². The second-order valence-electron chi connectivity index (χ2n) is 7.18. The molecule has 6 heteroatoms. The number of phenolic OH excluding ortho intramolecular Hbond substituents is 1. The van der Waals surface area contributed by atoms with Gasteiger partial charge in [0.25, 0.3) is 0 Å². The number of aromatic hydroxyl groups is 1. The van der Waals surface area contributed by atoms with Crippen molar-refractivity contribution in [3.8, 4) is 17.2 Å². The van der Waals surface area contributed by atoms with Crippen LogP contribution in [0.25, 0.3) is 0 Å². The summed E-state index contributed by atoms with van der Waals surface area (Å²) in [4.78, 5) is 14.8. The maximum atomic E-state index is 12.9. The molecule has 2 aromatic carbocycles. The van der Waals surface area contributed by atoms with Gasteiger partial charge in [-0.1, -0.05) is 12.1 Å². The minimum Gasteiger partial charge on any atom is -0.508 e. The van der Waals surface area contributed by atoms with Gasteiger partial charge >= 0.3 is 6.03 Å². The van der Waals surface area contributed by atoms with E-state index in [9.17, 15) is 9.90 Å². The average molecular weight is 384 g/mol. The van der Waals surface area contributed by atoms with Gasteiger partial charge in [0.05, 0.1) is 20.3 Å². The largest absolute Gasteiger partial charge is 0.508 e. The summed E-state index contributed by atoms with van der Waals surface area (Å²) in [5.41, 5.74) is 2.07. The molecular formula is C22H28N2O4. The second-order valence-corrected chi connectivity index (χ2v) is 7.18. The zero-order valence-corrected chi connectivity index (χ0v) is 16.6. The van der Waals surface area contributed by atoms with E-state index in [0.717, 1.165) is 42.0 Å². The first-order valence-electron chi connectivity index (χ1n) is 9.58. The Balaban J connectivity index is 1.68. The number of nitrogens with one attached hydrogen (secondary N) is 1. The highest BCUT2D eigenvalue weighted by Crippen LogP contribution is 2.38. The number of carbonyl (C=O) groups is 1. The lowest BCUT2D eigenvalue weighted by Crippen LogP contribution is -2.44. The van der Waals surface area contributed by atoms with E-state index in [2.05, 4.69) is 5.32 Å². The second kappa shape index (κ2) is 8.87. The first kappa shape index (κ1) is 19.9. The highest BCUT2D eigenvalue weighted by molar-refractivity contribution is 5.75. The first-order chi connectivity index (χ1) is 13.5. The molecule has 1 heterocycles. The van der Waals surface area contributed by atoms with Gasteiger partial charge in [0.1, 0.15) is 17.2 Å². The Morgan fingerprint density at radius 2 is 1.96 bits per heavy atom. The summed E-state index contributed by atoms with van der Waals surface area (Å²) in [7, 11) is 3.26. The van der Waals surface area contributed by atoms with E-state index in [1.165, 1.54) is 0 Å². The minimum atomic E-state index is -0.0633. The van der Waals surface area contributed by atoms with E-state index in [1.54, 1.807) is 26.4 Å². The van der Waals surface area contributed by atoms with Crippen LogP contribution < -0.4 is 14.8 Å². The summed E-state index contributed by atoms with van der Waals surface area (Å²) in [6, 6.07) is 12.7. The highest BCUT2D eigenvalue weighted by Gasteiger charge is 2.32. The summed E-state index contributed by atoms with van der Waals surface area (Å²) >= 11 is 0. The highest BCUT2D eigenvalue weighted by atomic mass is 16.5. The topological polar surface area (TPSA) is 71.0 Å². The number of urea groups is 1. The number of ether oxygens (including phenoxy) is 2. The number of carbonyl (C=O) groups excluding carboxylic acids is 1. The predicted octanol–water partition coefficient (Wildman–Crippen LogP) is 3.89. The van der Waals surface area contributed by atoms with Crippen molar-refractivity contribution >= 4 is 6.03 Å². The van der Waals surface area contributed by atoms with Crippen LogP contribution in [0.2, 0.25) is 0 Å².